The topological polar surface area (TPSA) is 92.5 Å². The number of nitrogens with one attached hydrogen (secondary N) is 2. The minimum atomic E-state index is 0.522. The van der Waals surface area contributed by atoms with Gasteiger partial charge in [-0.25, -0.2) is 20.8 Å². The highest BCUT2D eigenvalue weighted by molar-refractivity contribution is 5.49. The first-order chi connectivity index (χ1) is 8.86. The first-order valence-corrected chi connectivity index (χ1v) is 6.22. The molecule has 0 aromatic carbocycles. The van der Waals surface area contributed by atoms with Crippen molar-refractivity contribution in [1.29, 1.82) is 0 Å². The average molecular weight is 244 g/mol. The number of rotatable bonds is 3. The molecule has 6 nitrogen and oxygen atoms in total. The van der Waals surface area contributed by atoms with Crippen LogP contribution in [0.4, 0.5) is 5.82 Å². The molecular weight excluding hydrogens is 228 g/mol. The molecule has 0 amide bonds. The number of nitrogens with zero attached hydrogens (tertiary/aromatic N) is 3. The van der Waals surface area contributed by atoms with Crippen LogP contribution >= 0.6 is 0 Å². The molecule has 1 aliphatic carbocycles. The molecule has 2 heterocycles. The van der Waals surface area contributed by atoms with E-state index in [1.807, 2.05) is 6.07 Å². The zero-order valence-electron chi connectivity index (χ0n) is 10.1. The Morgan fingerprint density at radius 1 is 1.28 bits per heavy atom. The molecule has 2 aromatic heterocycles. The smallest absolute Gasteiger partial charge is 0.197 e. The van der Waals surface area contributed by atoms with Crippen molar-refractivity contribution in [3.8, 4) is 11.6 Å². The van der Waals surface area contributed by atoms with Crippen LogP contribution in [-0.4, -0.2) is 19.9 Å². The summed E-state index contributed by atoms with van der Waals surface area (Å²) in [6.45, 7) is 0. The van der Waals surface area contributed by atoms with Crippen LogP contribution in [-0.2, 0) is 0 Å². The van der Waals surface area contributed by atoms with Gasteiger partial charge in [0.05, 0.1) is 0 Å². The summed E-state index contributed by atoms with van der Waals surface area (Å²) in [5.74, 6) is 7.90. The summed E-state index contributed by atoms with van der Waals surface area (Å²) in [5.41, 5.74) is 3.66. The largest absolute Gasteiger partial charge is 0.342 e. The molecule has 0 atom stereocenters. The Morgan fingerprint density at radius 3 is 2.78 bits per heavy atom. The van der Waals surface area contributed by atoms with Gasteiger partial charge in [0.25, 0.3) is 0 Å². The maximum atomic E-state index is 5.47. The van der Waals surface area contributed by atoms with Gasteiger partial charge in [-0.1, -0.05) is 12.8 Å². The van der Waals surface area contributed by atoms with Gasteiger partial charge in [0.1, 0.15) is 5.82 Å². The van der Waals surface area contributed by atoms with Crippen molar-refractivity contribution >= 4 is 5.82 Å². The van der Waals surface area contributed by atoms with Crippen molar-refractivity contribution < 1.29 is 0 Å². The van der Waals surface area contributed by atoms with Gasteiger partial charge < -0.3 is 10.4 Å². The van der Waals surface area contributed by atoms with Crippen LogP contribution in [0.3, 0.4) is 0 Å². The zero-order chi connectivity index (χ0) is 12.4. The third-order valence-electron chi connectivity index (χ3n) is 3.38. The lowest BCUT2D eigenvalue weighted by Crippen LogP contribution is -2.11. The number of aromatic nitrogens is 4. The molecule has 0 aliphatic heterocycles. The lowest BCUT2D eigenvalue weighted by molar-refractivity contribution is 0.695. The molecule has 4 N–H and O–H groups in total. The highest BCUT2D eigenvalue weighted by Gasteiger charge is 2.20. The molecular formula is C12H16N6. The number of anilines is 1. The van der Waals surface area contributed by atoms with Gasteiger partial charge in [-0.2, -0.15) is 0 Å². The fourth-order valence-electron chi connectivity index (χ4n) is 2.46. The number of nitrogen functional groups attached to an aromatic ring is 1. The van der Waals surface area contributed by atoms with Gasteiger partial charge in [0, 0.05) is 30.1 Å². The Balaban J connectivity index is 2.01. The van der Waals surface area contributed by atoms with E-state index in [4.69, 9.17) is 5.84 Å². The molecule has 3 rings (SSSR count). The summed E-state index contributed by atoms with van der Waals surface area (Å²) >= 11 is 0. The number of aromatic amines is 1. The summed E-state index contributed by atoms with van der Waals surface area (Å²) in [6, 6.07) is 1.93. The van der Waals surface area contributed by atoms with Crippen LogP contribution in [0.15, 0.2) is 18.5 Å². The van der Waals surface area contributed by atoms with Gasteiger partial charge in [0.2, 0.25) is 0 Å². The first-order valence-electron chi connectivity index (χ1n) is 6.22. The fraction of sp³-hybridized carbons (Fsp3) is 0.417. The molecule has 94 valence electrons. The Morgan fingerprint density at radius 2 is 2.11 bits per heavy atom. The predicted octanol–water partition coefficient (Wildman–Crippen LogP) is 1.81. The van der Waals surface area contributed by atoms with Crippen molar-refractivity contribution in [2.45, 2.75) is 31.6 Å². The number of nitrogens with two attached hydrogens (primary N) is 1. The fourth-order valence-corrected chi connectivity index (χ4v) is 2.46. The third kappa shape index (κ3) is 2.06. The molecule has 0 unspecified atom stereocenters. The monoisotopic (exact) mass is 244 g/mol. The van der Waals surface area contributed by atoms with E-state index >= 15 is 0 Å². The Labute approximate surface area is 105 Å². The lowest BCUT2D eigenvalue weighted by atomic mass is 10.0. The second-order valence-corrected chi connectivity index (χ2v) is 4.57. The molecule has 0 radical (unpaired) electrons. The van der Waals surface area contributed by atoms with E-state index in [-0.39, 0.29) is 0 Å². The Hall–Kier alpha value is -1.95. The second kappa shape index (κ2) is 4.73. The zero-order valence-corrected chi connectivity index (χ0v) is 10.1. The first kappa shape index (κ1) is 11.2. The standard InChI is InChI=1S/C12H16N6/c13-18-10-7-9(8-3-1-2-4-8)16-12(17-10)11-14-5-6-15-11/h5-8H,1-4,13H2,(H,14,15)(H,16,17,18). The van der Waals surface area contributed by atoms with Crippen molar-refractivity contribution in [3.63, 3.8) is 0 Å². The van der Waals surface area contributed by atoms with Crippen LogP contribution in [0.1, 0.15) is 37.3 Å². The number of hydrogen-bond donors (Lipinski definition) is 3. The van der Waals surface area contributed by atoms with Crippen molar-refractivity contribution in [2.75, 3.05) is 5.43 Å². The molecule has 18 heavy (non-hydrogen) atoms. The molecule has 6 heteroatoms. The molecule has 1 saturated carbocycles. The van der Waals surface area contributed by atoms with Gasteiger partial charge in [-0.3, -0.25) is 0 Å². The van der Waals surface area contributed by atoms with Crippen molar-refractivity contribution in [2.24, 2.45) is 5.84 Å². The van der Waals surface area contributed by atoms with Crippen molar-refractivity contribution in [1.82, 2.24) is 19.9 Å². The number of imidazole rings is 1. The summed E-state index contributed by atoms with van der Waals surface area (Å²) in [7, 11) is 0. The van der Waals surface area contributed by atoms with Crippen LogP contribution in [0.2, 0.25) is 0 Å². The predicted molar refractivity (Wildman–Crippen MR) is 68.6 cm³/mol. The van der Waals surface area contributed by atoms with Crippen LogP contribution in [0.25, 0.3) is 11.6 Å². The van der Waals surface area contributed by atoms with E-state index in [9.17, 15) is 0 Å². The third-order valence-corrected chi connectivity index (χ3v) is 3.38. The molecule has 0 saturated heterocycles. The number of hydrogen-bond acceptors (Lipinski definition) is 5. The minimum Gasteiger partial charge on any atom is -0.342 e. The molecule has 1 fully saturated rings. The minimum absolute atomic E-state index is 0.522. The lowest BCUT2D eigenvalue weighted by Gasteiger charge is -2.11. The Bertz CT molecular complexity index is 515. The molecule has 0 bridgehead atoms. The highest BCUT2D eigenvalue weighted by Crippen LogP contribution is 2.34. The summed E-state index contributed by atoms with van der Waals surface area (Å²) < 4.78 is 0. The van der Waals surface area contributed by atoms with E-state index in [2.05, 4.69) is 25.4 Å². The molecule has 1 aliphatic rings. The summed E-state index contributed by atoms with van der Waals surface area (Å²) in [6.07, 6.45) is 8.39. The SMILES string of the molecule is NNc1cc(C2CCCC2)nc(-c2ncc[nH]2)n1. The Kier molecular flexibility index (Phi) is 2.93. The van der Waals surface area contributed by atoms with Gasteiger partial charge >= 0.3 is 0 Å². The molecule has 2 aromatic rings. The molecule has 0 spiro atoms. The maximum absolute atomic E-state index is 5.47. The quantitative estimate of drug-likeness (QED) is 0.565. The van der Waals surface area contributed by atoms with Crippen molar-refractivity contribution in [3.05, 3.63) is 24.2 Å². The number of hydrazine groups is 1. The number of H-pyrrole nitrogens is 1. The van der Waals surface area contributed by atoms with E-state index in [0.717, 1.165) is 5.69 Å². The summed E-state index contributed by atoms with van der Waals surface area (Å²) in [4.78, 5) is 16.1. The van der Waals surface area contributed by atoms with E-state index in [0.29, 0.717) is 23.4 Å². The van der Waals surface area contributed by atoms with E-state index < -0.39 is 0 Å². The normalized spacial score (nSPS) is 16.1. The van der Waals surface area contributed by atoms with Gasteiger partial charge in [-0.05, 0) is 12.8 Å². The van der Waals surface area contributed by atoms with Gasteiger partial charge in [-0.15, -0.1) is 0 Å². The summed E-state index contributed by atoms with van der Waals surface area (Å²) in [5, 5.41) is 0. The van der Waals surface area contributed by atoms with Crippen LogP contribution in [0.5, 0.6) is 0 Å². The van der Waals surface area contributed by atoms with Gasteiger partial charge in [0.15, 0.2) is 11.6 Å². The van der Waals surface area contributed by atoms with Crippen LogP contribution in [0, 0.1) is 0 Å². The van der Waals surface area contributed by atoms with Crippen LogP contribution < -0.4 is 11.3 Å². The second-order valence-electron chi connectivity index (χ2n) is 4.57. The van der Waals surface area contributed by atoms with E-state index in [1.54, 1.807) is 12.4 Å². The highest BCUT2D eigenvalue weighted by atomic mass is 15.3. The average Bonchev–Trinajstić information content (AvgIpc) is 3.10. The van der Waals surface area contributed by atoms with E-state index in [1.165, 1.54) is 25.7 Å². The maximum Gasteiger partial charge on any atom is 0.197 e.